The zero-order valence-corrected chi connectivity index (χ0v) is 10.3. The van der Waals surface area contributed by atoms with Crippen LogP contribution in [0.25, 0.3) is 0 Å². The smallest absolute Gasteiger partial charge is 0.275 e. The fraction of sp³-hybridized carbons (Fsp3) is 0.143. The van der Waals surface area contributed by atoms with Crippen molar-refractivity contribution in [2.24, 2.45) is 4.99 Å². The Morgan fingerprint density at radius 3 is 2.39 bits per heavy atom. The van der Waals surface area contributed by atoms with Crippen molar-refractivity contribution in [2.45, 2.75) is 0 Å². The molecule has 0 N–H and O–H groups in total. The molecule has 1 amide bonds. The number of hydrogen-bond donors (Lipinski definition) is 0. The average Bonchev–Trinajstić information content (AvgIpc) is 2.90. The molecular weight excluding hydrogens is 228 g/mol. The van der Waals surface area contributed by atoms with Crippen molar-refractivity contribution >= 4 is 17.3 Å². The van der Waals surface area contributed by atoms with Gasteiger partial charge >= 0.3 is 0 Å². The lowest BCUT2D eigenvalue weighted by Gasteiger charge is -2.10. The Morgan fingerprint density at radius 1 is 1.11 bits per heavy atom. The maximum atomic E-state index is 12.1. The normalized spacial score (nSPS) is 11.3. The van der Waals surface area contributed by atoms with Crippen molar-refractivity contribution < 1.29 is 9.21 Å². The van der Waals surface area contributed by atoms with Gasteiger partial charge in [0, 0.05) is 14.1 Å². The van der Waals surface area contributed by atoms with Gasteiger partial charge in [-0.15, -0.1) is 0 Å². The molecule has 0 unspecified atom stereocenters. The molecule has 1 aromatic heterocycles. The second-order valence-electron chi connectivity index (χ2n) is 3.97. The van der Waals surface area contributed by atoms with Crippen LogP contribution in [-0.4, -0.2) is 30.6 Å². The summed E-state index contributed by atoms with van der Waals surface area (Å²) in [5.74, 6) is 0.284. The molecule has 1 heterocycles. The highest BCUT2D eigenvalue weighted by atomic mass is 16.3. The fourth-order valence-electron chi connectivity index (χ4n) is 1.47. The molecule has 0 aliphatic heterocycles. The van der Waals surface area contributed by atoms with Crippen LogP contribution in [0.1, 0.15) is 5.76 Å². The molecule has 0 radical (unpaired) electrons. The topological polar surface area (TPSA) is 45.8 Å². The van der Waals surface area contributed by atoms with E-state index < -0.39 is 0 Å². The van der Waals surface area contributed by atoms with E-state index in [9.17, 15) is 4.79 Å². The van der Waals surface area contributed by atoms with Gasteiger partial charge in [-0.1, -0.05) is 18.2 Å². The van der Waals surface area contributed by atoms with Crippen molar-refractivity contribution in [1.82, 2.24) is 4.90 Å². The van der Waals surface area contributed by atoms with E-state index >= 15 is 0 Å². The molecule has 4 nitrogen and oxygen atoms in total. The van der Waals surface area contributed by atoms with E-state index in [2.05, 4.69) is 4.99 Å². The number of aliphatic imine (C=N–C) groups is 1. The summed E-state index contributed by atoms with van der Waals surface area (Å²) < 4.78 is 5.26. The Morgan fingerprint density at radius 2 is 1.83 bits per heavy atom. The van der Waals surface area contributed by atoms with Crippen LogP contribution < -0.4 is 0 Å². The molecule has 92 valence electrons. The molecule has 0 aliphatic carbocycles. The van der Waals surface area contributed by atoms with Crippen LogP contribution in [0.2, 0.25) is 0 Å². The predicted octanol–water partition coefficient (Wildman–Crippen LogP) is 2.49. The summed E-state index contributed by atoms with van der Waals surface area (Å²) in [5.41, 5.74) is 1.02. The van der Waals surface area contributed by atoms with Crippen molar-refractivity contribution in [3.8, 4) is 0 Å². The van der Waals surface area contributed by atoms with E-state index in [1.165, 1.54) is 11.2 Å². The van der Waals surface area contributed by atoms with Gasteiger partial charge in [0.05, 0.1) is 12.0 Å². The number of hydrogen-bond acceptors (Lipinski definition) is 3. The third-order valence-corrected chi connectivity index (χ3v) is 2.36. The van der Waals surface area contributed by atoms with Gasteiger partial charge < -0.3 is 9.32 Å². The molecule has 0 saturated carbocycles. The Kier molecular flexibility index (Phi) is 3.57. The summed E-state index contributed by atoms with van der Waals surface area (Å²) in [6.45, 7) is 0. The molecule has 2 rings (SSSR count). The number of carbonyl (C=O) groups excluding carboxylic acids is 1. The second-order valence-corrected chi connectivity index (χ2v) is 3.97. The van der Waals surface area contributed by atoms with Crippen molar-refractivity contribution in [3.05, 3.63) is 54.5 Å². The summed E-state index contributed by atoms with van der Waals surface area (Å²) in [7, 11) is 3.37. The minimum atomic E-state index is -0.186. The van der Waals surface area contributed by atoms with Gasteiger partial charge in [-0.2, -0.15) is 0 Å². The average molecular weight is 242 g/mol. The first-order chi connectivity index (χ1) is 8.68. The Hall–Kier alpha value is -2.36. The lowest BCUT2D eigenvalue weighted by atomic mass is 10.2. The molecule has 4 heteroatoms. The van der Waals surface area contributed by atoms with E-state index in [1.807, 2.05) is 30.3 Å². The van der Waals surface area contributed by atoms with Crippen LogP contribution in [0.4, 0.5) is 5.69 Å². The number of para-hydroxylation sites is 1. The predicted molar refractivity (Wildman–Crippen MR) is 70.0 cm³/mol. The van der Waals surface area contributed by atoms with Crippen molar-refractivity contribution in [3.63, 3.8) is 0 Å². The van der Waals surface area contributed by atoms with Gasteiger partial charge in [0.25, 0.3) is 5.91 Å². The van der Waals surface area contributed by atoms with E-state index in [4.69, 9.17) is 4.42 Å². The number of benzene rings is 1. The minimum Gasteiger partial charge on any atom is -0.463 e. The fourth-order valence-corrected chi connectivity index (χ4v) is 1.47. The molecule has 0 spiro atoms. The van der Waals surface area contributed by atoms with E-state index in [0.29, 0.717) is 11.5 Å². The highest BCUT2D eigenvalue weighted by Crippen LogP contribution is 2.14. The lowest BCUT2D eigenvalue weighted by molar-refractivity contribution is -0.121. The number of likely N-dealkylation sites (N-methyl/N-ethyl adjacent to an activating group) is 1. The van der Waals surface area contributed by atoms with Gasteiger partial charge in [-0.05, 0) is 24.3 Å². The number of furan rings is 1. The maximum Gasteiger partial charge on any atom is 0.275 e. The summed E-state index contributed by atoms with van der Waals surface area (Å²) in [6.07, 6.45) is 1.53. The molecule has 1 aromatic carbocycles. The molecule has 0 saturated heterocycles. The lowest BCUT2D eigenvalue weighted by Crippen LogP contribution is -2.30. The van der Waals surface area contributed by atoms with Gasteiger partial charge in [0.1, 0.15) is 0 Å². The van der Waals surface area contributed by atoms with Gasteiger partial charge in [0.2, 0.25) is 0 Å². The third-order valence-electron chi connectivity index (χ3n) is 2.36. The minimum absolute atomic E-state index is 0.186. The van der Waals surface area contributed by atoms with E-state index in [0.717, 1.165) is 5.69 Å². The SMILES string of the molecule is CN(C)C(=O)C(=Nc1ccccc1)c1ccco1. The first-order valence-corrected chi connectivity index (χ1v) is 5.58. The second kappa shape index (κ2) is 5.31. The molecule has 0 bridgehead atoms. The number of amides is 1. The number of nitrogens with zero attached hydrogens (tertiary/aromatic N) is 2. The summed E-state index contributed by atoms with van der Waals surface area (Å²) in [6, 6.07) is 12.8. The summed E-state index contributed by atoms with van der Waals surface area (Å²) in [5, 5.41) is 0. The van der Waals surface area contributed by atoms with Gasteiger partial charge in [0.15, 0.2) is 11.5 Å². The van der Waals surface area contributed by atoms with Crippen LogP contribution in [0.15, 0.2) is 58.1 Å². The van der Waals surface area contributed by atoms with Crippen LogP contribution in [0.3, 0.4) is 0 Å². The highest BCUT2D eigenvalue weighted by Gasteiger charge is 2.18. The molecule has 2 aromatic rings. The molecule has 0 aliphatic rings. The van der Waals surface area contributed by atoms with Crippen molar-refractivity contribution in [1.29, 1.82) is 0 Å². The largest absolute Gasteiger partial charge is 0.463 e. The first kappa shape index (κ1) is 12.1. The molecular formula is C14H14N2O2. The molecule has 0 fully saturated rings. The molecule has 18 heavy (non-hydrogen) atoms. The number of rotatable bonds is 3. The highest BCUT2D eigenvalue weighted by molar-refractivity contribution is 6.44. The number of carbonyl (C=O) groups is 1. The van der Waals surface area contributed by atoms with Crippen LogP contribution in [-0.2, 0) is 4.79 Å². The van der Waals surface area contributed by atoms with Crippen LogP contribution in [0, 0.1) is 0 Å². The first-order valence-electron chi connectivity index (χ1n) is 5.58. The Bertz CT molecular complexity index is 542. The quantitative estimate of drug-likeness (QED) is 0.776. The zero-order valence-electron chi connectivity index (χ0n) is 10.3. The summed E-state index contributed by atoms with van der Waals surface area (Å²) in [4.78, 5) is 17.9. The Balaban J connectivity index is 2.43. The standard InChI is InChI=1S/C14H14N2O2/c1-16(2)14(17)13(12-9-6-10-18-12)15-11-7-4-3-5-8-11/h3-10H,1-2H3. The zero-order chi connectivity index (χ0) is 13.0. The molecule has 0 atom stereocenters. The maximum absolute atomic E-state index is 12.1. The van der Waals surface area contributed by atoms with E-state index in [1.54, 1.807) is 26.2 Å². The summed E-state index contributed by atoms with van der Waals surface area (Å²) >= 11 is 0. The van der Waals surface area contributed by atoms with Crippen LogP contribution >= 0.6 is 0 Å². The Labute approximate surface area is 106 Å². The van der Waals surface area contributed by atoms with Gasteiger partial charge in [-0.3, -0.25) is 4.79 Å². The monoisotopic (exact) mass is 242 g/mol. The van der Waals surface area contributed by atoms with Gasteiger partial charge in [-0.25, -0.2) is 4.99 Å². The third kappa shape index (κ3) is 2.66. The van der Waals surface area contributed by atoms with Crippen molar-refractivity contribution in [2.75, 3.05) is 14.1 Å². The van der Waals surface area contributed by atoms with E-state index in [-0.39, 0.29) is 5.91 Å². The van der Waals surface area contributed by atoms with Crippen LogP contribution in [0.5, 0.6) is 0 Å².